The molecule has 1 heterocycles. The summed E-state index contributed by atoms with van der Waals surface area (Å²) < 4.78 is 59.2. The van der Waals surface area contributed by atoms with Crippen LogP contribution in [0.4, 0.5) is 18.9 Å². The van der Waals surface area contributed by atoms with Gasteiger partial charge in [0.2, 0.25) is 0 Å². The summed E-state index contributed by atoms with van der Waals surface area (Å²) in [6, 6.07) is 4.42. The Labute approximate surface area is 158 Å². The minimum atomic E-state index is -1.04. The van der Waals surface area contributed by atoms with E-state index in [9.17, 15) is 13.9 Å². The van der Waals surface area contributed by atoms with Gasteiger partial charge in [0.25, 0.3) is 0 Å². The molecular formula is C19H17F3N2O4. The Morgan fingerprint density at radius 2 is 1.79 bits per heavy atom. The van der Waals surface area contributed by atoms with Crippen LogP contribution in [0.3, 0.4) is 0 Å². The number of aliphatic hydroxyl groups excluding tert-OH is 1. The third kappa shape index (κ3) is 3.61. The van der Waals surface area contributed by atoms with Gasteiger partial charge >= 0.3 is 0 Å². The summed E-state index contributed by atoms with van der Waals surface area (Å²) in [5.74, 6) is -4.15. The first-order valence-electron chi connectivity index (χ1n) is 8.20. The van der Waals surface area contributed by atoms with E-state index in [-0.39, 0.29) is 40.4 Å². The standard InChI is InChI=1S/C19H17F3N2O4/c1-9(8-25)27-19-15(26-2)7-13-16(17(19)22)14(3-4-24-13)28-18-11(20)5-10(23)6-12(18)21/h3-7,9,25H,8,23H2,1-2H3. The quantitative estimate of drug-likeness (QED) is 0.619. The second-order valence-electron chi connectivity index (χ2n) is 5.95. The lowest BCUT2D eigenvalue weighted by Gasteiger charge is -2.18. The van der Waals surface area contributed by atoms with Gasteiger partial charge in [-0.2, -0.15) is 0 Å². The van der Waals surface area contributed by atoms with Crippen LogP contribution in [0.5, 0.6) is 23.0 Å². The van der Waals surface area contributed by atoms with Gasteiger partial charge in [0.15, 0.2) is 34.7 Å². The molecule has 0 aliphatic heterocycles. The fourth-order valence-corrected chi connectivity index (χ4v) is 2.57. The smallest absolute Gasteiger partial charge is 0.198 e. The molecule has 0 fully saturated rings. The highest BCUT2D eigenvalue weighted by atomic mass is 19.1. The Hall–Kier alpha value is -3.20. The highest BCUT2D eigenvalue weighted by Crippen LogP contribution is 2.41. The summed E-state index contributed by atoms with van der Waals surface area (Å²) in [6.07, 6.45) is 0.564. The van der Waals surface area contributed by atoms with Crippen molar-refractivity contribution in [3.05, 3.63) is 47.9 Å². The molecule has 0 radical (unpaired) electrons. The third-order valence-electron chi connectivity index (χ3n) is 3.88. The minimum Gasteiger partial charge on any atom is -0.493 e. The van der Waals surface area contributed by atoms with Crippen LogP contribution in [0.15, 0.2) is 30.5 Å². The molecule has 28 heavy (non-hydrogen) atoms. The number of fused-ring (bicyclic) bond motifs is 1. The van der Waals surface area contributed by atoms with E-state index in [1.54, 1.807) is 0 Å². The molecule has 0 saturated carbocycles. The number of nitrogens with zero attached hydrogens (tertiary/aromatic N) is 1. The molecule has 1 atom stereocenters. The Balaban J connectivity index is 2.18. The molecule has 148 valence electrons. The zero-order chi connectivity index (χ0) is 20.4. The number of methoxy groups -OCH3 is 1. The van der Waals surface area contributed by atoms with Gasteiger partial charge in [-0.3, -0.25) is 4.98 Å². The predicted molar refractivity (Wildman–Crippen MR) is 96.3 cm³/mol. The summed E-state index contributed by atoms with van der Waals surface area (Å²) in [5.41, 5.74) is 5.39. The number of benzene rings is 2. The van der Waals surface area contributed by atoms with Crippen LogP contribution in [0.1, 0.15) is 6.92 Å². The largest absolute Gasteiger partial charge is 0.493 e. The number of halogens is 3. The van der Waals surface area contributed by atoms with E-state index in [0.29, 0.717) is 0 Å². The molecule has 0 saturated heterocycles. The van der Waals surface area contributed by atoms with Crippen molar-refractivity contribution in [2.45, 2.75) is 13.0 Å². The average Bonchev–Trinajstić information content (AvgIpc) is 2.66. The number of aliphatic hydroxyl groups is 1. The Kier molecular flexibility index (Phi) is 5.46. The number of ether oxygens (including phenoxy) is 3. The van der Waals surface area contributed by atoms with Gasteiger partial charge in [0.05, 0.1) is 24.6 Å². The van der Waals surface area contributed by atoms with E-state index in [4.69, 9.17) is 19.9 Å². The van der Waals surface area contributed by atoms with Crippen molar-refractivity contribution in [2.75, 3.05) is 19.5 Å². The Morgan fingerprint density at radius 3 is 2.39 bits per heavy atom. The van der Waals surface area contributed by atoms with Crippen molar-refractivity contribution in [1.29, 1.82) is 0 Å². The van der Waals surface area contributed by atoms with Crippen LogP contribution >= 0.6 is 0 Å². The minimum absolute atomic E-state index is 0.0415. The maximum atomic E-state index is 15.2. The van der Waals surface area contributed by atoms with Crippen molar-refractivity contribution in [3.63, 3.8) is 0 Å². The van der Waals surface area contributed by atoms with Crippen molar-refractivity contribution in [1.82, 2.24) is 4.98 Å². The van der Waals surface area contributed by atoms with Gasteiger partial charge in [-0.25, -0.2) is 13.2 Å². The molecule has 0 bridgehead atoms. The van der Waals surface area contributed by atoms with Crippen LogP contribution in [0.25, 0.3) is 10.9 Å². The lowest BCUT2D eigenvalue weighted by Crippen LogP contribution is -2.17. The number of aromatic nitrogens is 1. The molecule has 3 aromatic rings. The highest BCUT2D eigenvalue weighted by Gasteiger charge is 2.23. The molecule has 6 nitrogen and oxygen atoms in total. The average molecular weight is 394 g/mol. The number of hydrogen-bond donors (Lipinski definition) is 2. The van der Waals surface area contributed by atoms with Gasteiger partial charge in [-0.05, 0) is 13.0 Å². The number of anilines is 1. The first-order valence-corrected chi connectivity index (χ1v) is 8.20. The van der Waals surface area contributed by atoms with Crippen LogP contribution in [-0.4, -0.2) is 29.9 Å². The fraction of sp³-hybridized carbons (Fsp3) is 0.211. The highest BCUT2D eigenvalue weighted by molar-refractivity contribution is 5.89. The molecule has 0 aliphatic rings. The van der Waals surface area contributed by atoms with Gasteiger partial charge in [-0.15, -0.1) is 0 Å². The zero-order valence-corrected chi connectivity index (χ0v) is 15.0. The second kappa shape index (κ2) is 7.81. The van der Waals surface area contributed by atoms with E-state index in [0.717, 1.165) is 12.1 Å². The summed E-state index contributed by atoms with van der Waals surface area (Å²) in [4.78, 5) is 4.04. The maximum Gasteiger partial charge on any atom is 0.198 e. The van der Waals surface area contributed by atoms with Crippen molar-refractivity contribution < 1.29 is 32.5 Å². The summed E-state index contributed by atoms with van der Waals surface area (Å²) in [6.45, 7) is 1.17. The van der Waals surface area contributed by atoms with E-state index in [1.165, 1.54) is 32.4 Å². The van der Waals surface area contributed by atoms with Crippen LogP contribution in [-0.2, 0) is 0 Å². The van der Waals surface area contributed by atoms with E-state index in [1.807, 2.05) is 0 Å². The third-order valence-corrected chi connectivity index (χ3v) is 3.88. The molecule has 1 aromatic heterocycles. The molecule has 1 unspecified atom stereocenters. The molecular weight excluding hydrogens is 377 g/mol. The van der Waals surface area contributed by atoms with Gasteiger partial charge < -0.3 is 25.1 Å². The van der Waals surface area contributed by atoms with Crippen LogP contribution < -0.4 is 19.9 Å². The van der Waals surface area contributed by atoms with Crippen LogP contribution in [0.2, 0.25) is 0 Å². The zero-order valence-electron chi connectivity index (χ0n) is 15.0. The van der Waals surface area contributed by atoms with Gasteiger partial charge in [-0.1, -0.05) is 0 Å². The lowest BCUT2D eigenvalue weighted by atomic mass is 10.1. The molecule has 2 aromatic carbocycles. The number of rotatable bonds is 6. The molecule has 0 spiro atoms. The first kappa shape index (κ1) is 19.6. The fourth-order valence-electron chi connectivity index (χ4n) is 2.57. The van der Waals surface area contributed by atoms with E-state index < -0.39 is 29.3 Å². The Morgan fingerprint density at radius 1 is 1.11 bits per heavy atom. The molecule has 3 N–H and O–H groups in total. The SMILES string of the molecule is COc1cc2nccc(Oc3c(F)cc(N)cc3F)c2c(F)c1OC(C)CO. The number of hydrogen-bond acceptors (Lipinski definition) is 6. The van der Waals surface area contributed by atoms with E-state index in [2.05, 4.69) is 4.98 Å². The second-order valence-corrected chi connectivity index (χ2v) is 5.95. The molecule has 3 rings (SSSR count). The van der Waals surface area contributed by atoms with Crippen LogP contribution in [0, 0.1) is 17.5 Å². The van der Waals surface area contributed by atoms with Gasteiger partial charge in [0.1, 0.15) is 11.9 Å². The predicted octanol–water partition coefficient (Wildman–Crippen LogP) is 3.79. The first-order chi connectivity index (χ1) is 13.3. The number of nitrogens with two attached hydrogens (primary N) is 1. The Bertz CT molecular complexity index is 1010. The van der Waals surface area contributed by atoms with Crippen molar-refractivity contribution in [3.8, 4) is 23.0 Å². The number of nitrogen functional groups attached to an aromatic ring is 1. The summed E-state index contributed by atoms with van der Waals surface area (Å²) in [7, 11) is 1.32. The number of pyridine rings is 1. The topological polar surface area (TPSA) is 86.8 Å². The normalized spacial score (nSPS) is 12.1. The molecule has 9 heteroatoms. The van der Waals surface area contributed by atoms with E-state index >= 15 is 4.39 Å². The lowest BCUT2D eigenvalue weighted by molar-refractivity contribution is 0.122. The van der Waals surface area contributed by atoms with Gasteiger partial charge in [0, 0.05) is 30.1 Å². The monoisotopic (exact) mass is 394 g/mol. The summed E-state index contributed by atoms with van der Waals surface area (Å²) in [5, 5.41) is 9.01. The molecule has 0 amide bonds. The van der Waals surface area contributed by atoms with Crippen molar-refractivity contribution in [2.24, 2.45) is 0 Å². The van der Waals surface area contributed by atoms with Crippen molar-refractivity contribution >= 4 is 16.6 Å². The molecule has 0 aliphatic carbocycles. The summed E-state index contributed by atoms with van der Waals surface area (Å²) >= 11 is 0. The maximum absolute atomic E-state index is 15.2.